The fourth-order valence-electron chi connectivity index (χ4n) is 3.60. The Kier molecular flexibility index (Phi) is 8.58. The number of hydrogen-bond acceptors (Lipinski definition) is 3. The number of guanidine groups is 1. The molecular weight excluding hydrogens is 405 g/mol. The summed E-state index contributed by atoms with van der Waals surface area (Å²) in [5.41, 5.74) is 0.251. The summed E-state index contributed by atoms with van der Waals surface area (Å²) in [6.45, 7) is 11.9. The second kappa shape index (κ2) is 9.42. The van der Waals surface area contributed by atoms with Gasteiger partial charge in [0.15, 0.2) is 5.96 Å². The summed E-state index contributed by atoms with van der Waals surface area (Å²) in [5.74, 6) is 1.00. The van der Waals surface area contributed by atoms with E-state index in [0.717, 1.165) is 25.6 Å². The van der Waals surface area contributed by atoms with Gasteiger partial charge >= 0.3 is 0 Å². The first-order valence-electron chi connectivity index (χ1n) is 8.78. The standard InChI is InChI=1S/C17H33N3O2.HI/c1-4-7-16(3)8-6-9-20(11-16)15(18-5-2)19-10-17(12-21)13-22-14-17;/h21H,4-14H2,1-3H3,(H,18,19);1H. The molecule has 1 unspecified atom stereocenters. The molecule has 0 aromatic carbocycles. The molecular formula is C17H34IN3O2. The Hall–Kier alpha value is -0.0800. The van der Waals surface area contributed by atoms with E-state index >= 15 is 0 Å². The van der Waals surface area contributed by atoms with Gasteiger partial charge in [-0.1, -0.05) is 20.3 Å². The van der Waals surface area contributed by atoms with Gasteiger partial charge in [-0.2, -0.15) is 0 Å². The molecule has 0 aliphatic carbocycles. The van der Waals surface area contributed by atoms with E-state index in [-0.39, 0.29) is 36.0 Å². The number of rotatable bonds is 6. The van der Waals surface area contributed by atoms with Crippen molar-refractivity contribution in [1.82, 2.24) is 10.2 Å². The maximum Gasteiger partial charge on any atom is 0.193 e. The molecule has 2 aliphatic rings. The number of aliphatic imine (C=N–C) groups is 1. The highest BCUT2D eigenvalue weighted by Gasteiger charge is 2.38. The first kappa shape index (κ1) is 21.0. The van der Waals surface area contributed by atoms with Crippen LogP contribution in [-0.2, 0) is 4.74 Å². The smallest absolute Gasteiger partial charge is 0.193 e. The predicted octanol–water partition coefficient (Wildman–Crippen LogP) is 2.48. The zero-order valence-electron chi connectivity index (χ0n) is 14.9. The first-order valence-corrected chi connectivity index (χ1v) is 8.78. The molecule has 1 atom stereocenters. The normalized spacial score (nSPS) is 27.1. The Labute approximate surface area is 158 Å². The fourth-order valence-corrected chi connectivity index (χ4v) is 3.60. The minimum Gasteiger partial charge on any atom is -0.396 e. The van der Waals surface area contributed by atoms with Gasteiger partial charge in [-0.3, -0.25) is 4.99 Å². The Balaban J connectivity index is 0.00000264. The number of halogens is 1. The average Bonchev–Trinajstić information content (AvgIpc) is 2.45. The molecule has 2 fully saturated rings. The zero-order valence-corrected chi connectivity index (χ0v) is 17.3. The third-order valence-electron chi connectivity index (χ3n) is 4.99. The molecule has 0 saturated carbocycles. The maximum absolute atomic E-state index is 9.56. The van der Waals surface area contributed by atoms with Gasteiger partial charge in [0, 0.05) is 19.6 Å². The van der Waals surface area contributed by atoms with Crippen LogP contribution in [0.15, 0.2) is 4.99 Å². The highest BCUT2D eigenvalue weighted by molar-refractivity contribution is 14.0. The quantitative estimate of drug-likeness (QED) is 0.380. The zero-order chi connectivity index (χ0) is 16.1. The van der Waals surface area contributed by atoms with Crippen molar-refractivity contribution >= 4 is 29.9 Å². The highest BCUT2D eigenvalue weighted by atomic mass is 127. The molecule has 2 rings (SSSR count). The van der Waals surface area contributed by atoms with Crippen molar-refractivity contribution in [2.45, 2.75) is 46.5 Å². The Morgan fingerprint density at radius 3 is 2.61 bits per heavy atom. The lowest BCUT2D eigenvalue weighted by Crippen LogP contribution is -2.52. The number of nitrogens with zero attached hydrogens (tertiary/aromatic N) is 2. The highest BCUT2D eigenvalue weighted by Crippen LogP contribution is 2.34. The van der Waals surface area contributed by atoms with Crippen molar-refractivity contribution in [3.8, 4) is 0 Å². The van der Waals surface area contributed by atoms with Crippen molar-refractivity contribution < 1.29 is 9.84 Å². The molecule has 0 radical (unpaired) electrons. The van der Waals surface area contributed by atoms with Crippen LogP contribution in [0.4, 0.5) is 0 Å². The lowest BCUT2D eigenvalue weighted by atomic mass is 9.78. The van der Waals surface area contributed by atoms with E-state index < -0.39 is 0 Å². The fraction of sp³-hybridized carbons (Fsp3) is 0.941. The molecule has 2 N–H and O–H groups in total. The van der Waals surface area contributed by atoms with Crippen molar-refractivity contribution in [2.24, 2.45) is 15.8 Å². The summed E-state index contributed by atoms with van der Waals surface area (Å²) in [6, 6.07) is 0. The third kappa shape index (κ3) is 5.46. The lowest BCUT2D eigenvalue weighted by Gasteiger charge is -2.43. The minimum atomic E-state index is -0.150. The van der Waals surface area contributed by atoms with Gasteiger partial charge in [-0.25, -0.2) is 0 Å². The summed E-state index contributed by atoms with van der Waals surface area (Å²) in [5, 5.41) is 13.0. The van der Waals surface area contributed by atoms with Crippen LogP contribution in [0.2, 0.25) is 0 Å². The molecule has 0 spiro atoms. The number of likely N-dealkylation sites (tertiary alicyclic amines) is 1. The molecule has 2 saturated heterocycles. The van der Waals surface area contributed by atoms with Crippen LogP contribution in [0.3, 0.4) is 0 Å². The summed E-state index contributed by atoms with van der Waals surface area (Å²) < 4.78 is 5.27. The van der Waals surface area contributed by atoms with Gasteiger partial charge in [0.1, 0.15) is 0 Å². The Morgan fingerprint density at radius 1 is 1.35 bits per heavy atom. The lowest BCUT2D eigenvalue weighted by molar-refractivity contribution is -0.130. The second-order valence-corrected chi connectivity index (χ2v) is 7.41. The molecule has 5 nitrogen and oxygen atoms in total. The van der Waals surface area contributed by atoms with Crippen molar-refractivity contribution in [3.63, 3.8) is 0 Å². The molecule has 0 aromatic heterocycles. The van der Waals surface area contributed by atoms with E-state index in [1.807, 2.05) is 0 Å². The summed E-state index contributed by atoms with van der Waals surface area (Å²) in [6.07, 6.45) is 5.06. The van der Waals surface area contributed by atoms with Crippen LogP contribution in [-0.4, -0.2) is 62.0 Å². The number of aliphatic hydroxyl groups is 1. The summed E-state index contributed by atoms with van der Waals surface area (Å²) in [7, 11) is 0. The Morgan fingerprint density at radius 2 is 2.09 bits per heavy atom. The first-order chi connectivity index (χ1) is 10.6. The van der Waals surface area contributed by atoms with E-state index in [1.165, 1.54) is 25.7 Å². The van der Waals surface area contributed by atoms with Gasteiger partial charge in [0.2, 0.25) is 0 Å². The van der Waals surface area contributed by atoms with Gasteiger partial charge in [-0.15, -0.1) is 24.0 Å². The molecule has 6 heteroatoms. The number of nitrogens with one attached hydrogen (secondary N) is 1. The largest absolute Gasteiger partial charge is 0.396 e. The van der Waals surface area contributed by atoms with Crippen LogP contribution < -0.4 is 5.32 Å². The number of ether oxygens (including phenoxy) is 1. The number of piperidine rings is 1. The number of aliphatic hydroxyl groups excluding tert-OH is 1. The van der Waals surface area contributed by atoms with Crippen molar-refractivity contribution in [3.05, 3.63) is 0 Å². The topological polar surface area (TPSA) is 57.1 Å². The summed E-state index contributed by atoms with van der Waals surface area (Å²) in [4.78, 5) is 7.23. The van der Waals surface area contributed by atoms with E-state index in [4.69, 9.17) is 9.73 Å². The molecule has 136 valence electrons. The van der Waals surface area contributed by atoms with Gasteiger partial charge in [0.05, 0.1) is 31.8 Å². The molecule has 2 heterocycles. The van der Waals surface area contributed by atoms with E-state index in [0.29, 0.717) is 25.2 Å². The molecule has 23 heavy (non-hydrogen) atoms. The van der Waals surface area contributed by atoms with Crippen LogP contribution >= 0.6 is 24.0 Å². The van der Waals surface area contributed by atoms with Gasteiger partial charge < -0.3 is 20.1 Å². The molecule has 0 aromatic rings. The van der Waals surface area contributed by atoms with E-state index in [2.05, 4.69) is 31.0 Å². The van der Waals surface area contributed by atoms with E-state index in [1.54, 1.807) is 0 Å². The predicted molar refractivity (Wildman–Crippen MR) is 106 cm³/mol. The van der Waals surface area contributed by atoms with Gasteiger partial charge in [0.25, 0.3) is 0 Å². The van der Waals surface area contributed by atoms with Crippen LogP contribution in [0.1, 0.15) is 46.5 Å². The average molecular weight is 439 g/mol. The number of hydrogen-bond donors (Lipinski definition) is 2. The van der Waals surface area contributed by atoms with Crippen LogP contribution in [0.5, 0.6) is 0 Å². The van der Waals surface area contributed by atoms with Crippen molar-refractivity contribution in [1.29, 1.82) is 0 Å². The maximum atomic E-state index is 9.56. The van der Waals surface area contributed by atoms with E-state index in [9.17, 15) is 5.11 Å². The third-order valence-corrected chi connectivity index (χ3v) is 4.99. The summed E-state index contributed by atoms with van der Waals surface area (Å²) >= 11 is 0. The second-order valence-electron chi connectivity index (χ2n) is 7.41. The molecule has 2 aliphatic heterocycles. The van der Waals surface area contributed by atoms with Crippen molar-refractivity contribution in [2.75, 3.05) is 46.0 Å². The monoisotopic (exact) mass is 439 g/mol. The molecule has 0 amide bonds. The van der Waals surface area contributed by atoms with Crippen LogP contribution in [0.25, 0.3) is 0 Å². The SMILES string of the molecule is CCCC1(C)CCCN(C(=NCC2(CO)COC2)NCC)C1.I. The Bertz CT molecular complexity index is 379. The minimum absolute atomic E-state index is 0. The van der Waals surface area contributed by atoms with Gasteiger partial charge in [-0.05, 0) is 31.6 Å². The molecule has 0 bridgehead atoms. The van der Waals surface area contributed by atoms with Crippen LogP contribution in [0, 0.1) is 10.8 Å².